The summed E-state index contributed by atoms with van der Waals surface area (Å²) < 4.78 is 44.3. The van der Waals surface area contributed by atoms with Gasteiger partial charge in [0.15, 0.2) is 0 Å². The molecule has 1 N–H and O–H groups in total. The smallest absolute Gasteiger partial charge is 0.416 e. The standard InChI is InChI=1S/C24H22F3NO2/c25-24(26,27)18-12-9-16(10-13-18)15-30-22-20-8-4-1-5-17(20)11-14-21(22)23(29)28-19-6-2-3-7-19/h1,4-5,8-14,19H,2-3,6-7,15H2,(H,28,29). The average Bonchev–Trinajstić information content (AvgIpc) is 3.24. The van der Waals surface area contributed by atoms with Crippen molar-refractivity contribution in [1.82, 2.24) is 5.32 Å². The predicted molar refractivity (Wildman–Crippen MR) is 109 cm³/mol. The van der Waals surface area contributed by atoms with Gasteiger partial charge in [0, 0.05) is 11.4 Å². The van der Waals surface area contributed by atoms with E-state index >= 15 is 0 Å². The van der Waals surface area contributed by atoms with Crippen LogP contribution in [0.15, 0.2) is 60.7 Å². The van der Waals surface area contributed by atoms with Gasteiger partial charge in [-0.05, 0) is 42.0 Å². The highest BCUT2D eigenvalue weighted by molar-refractivity contribution is 6.04. The second-order valence-corrected chi connectivity index (χ2v) is 7.60. The Morgan fingerprint density at radius 3 is 2.37 bits per heavy atom. The molecular weight excluding hydrogens is 391 g/mol. The summed E-state index contributed by atoms with van der Waals surface area (Å²) in [7, 11) is 0. The summed E-state index contributed by atoms with van der Waals surface area (Å²) in [6, 6.07) is 16.2. The fourth-order valence-corrected chi connectivity index (χ4v) is 3.86. The number of rotatable bonds is 5. The number of ether oxygens (including phenoxy) is 1. The maximum Gasteiger partial charge on any atom is 0.416 e. The van der Waals surface area contributed by atoms with Gasteiger partial charge >= 0.3 is 6.18 Å². The van der Waals surface area contributed by atoms with Crippen LogP contribution in [0.1, 0.15) is 47.2 Å². The molecule has 1 saturated carbocycles. The van der Waals surface area contributed by atoms with Crippen LogP contribution in [0.2, 0.25) is 0 Å². The van der Waals surface area contributed by atoms with Crippen LogP contribution in [0.4, 0.5) is 13.2 Å². The maximum absolute atomic E-state index is 12.9. The zero-order valence-electron chi connectivity index (χ0n) is 16.3. The molecule has 1 fully saturated rings. The van der Waals surface area contributed by atoms with Crippen molar-refractivity contribution >= 4 is 16.7 Å². The zero-order chi connectivity index (χ0) is 21.1. The van der Waals surface area contributed by atoms with Crippen LogP contribution in [0.5, 0.6) is 5.75 Å². The molecule has 0 bridgehead atoms. The normalized spacial score (nSPS) is 14.8. The molecule has 30 heavy (non-hydrogen) atoms. The lowest BCUT2D eigenvalue weighted by Gasteiger charge is -2.17. The van der Waals surface area contributed by atoms with Crippen LogP contribution < -0.4 is 10.1 Å². The van der Waals surface area contributed by atoms with Crippen LogP contribution in [0, 0.1) is 0 Å². The highest BCUT2D eigenvalue weighted by Crippen LogP contribution is 2.32. The Hall–Kier alpha value is -3.02. The summed E-state index contributed by atoms with van der Waals surface area (Å²) in [6.45, 7) is 0.0653. The van der Waals surface area contributed by atoms with Crippen LogP contribution in [0.3, 0.4) is 0 Å². The van der Waals surface area contributed by atoms with Gasteiger partial charge in [-0.2, -0.15) is 13.2 Å². The van der Waals surface area contributed by atoms with Crippen molar-refractivity contribution in [2.75, 3.05) is 0 Å². The van der Waals surface area contributed by atoms with E-state index in [9.17, 15) is 18.0 Å². The van der Waals surface area contributed by atoms with Gasteiger partial charge in [-0.15, -0.1) is 0 Å². The first kappa shape index (κ1) is 20.3. The second kappa shape index (κ2) is 8.38. The third-order valence-corrected chi connectivity index (χ3v) is 5.48. The Kier molecular flexibility index (Phi) is 5.66. The molecule has 0 radical (unpaired) electrons. The summed E-state index contributed by atoms with van der Waals surface area (Å²) in [5.41, 5.74) is 0.332. The van der Waals surface area contributed by atoms with E-state index in [2.05, 4.69) is 5.32 Å². The second-order valence-electron chi connectivity index (χ2n) is 7.60. The molecule has 0 aromatic heterocycles. The fraction of sp³-hybridized carbons (Fsp3) is 0.292. The molecule has 3 aromatic carbocycles. The van der Waals surface area contributed by atoms with Gasteiger partial charge in [-0.25, -0.2) is 0 Å². The number of alkyl halides is 3. The summed E-state index contributed by atoms with van der Waals surface area (Å²) in [5.74, 6) is 0.263. The molecule has 3 aromatic rings. The van der Waals surface area contributed by atoms with E-state index in [0.29, 0.717) is 16.9 Å². The van der Waals surface area contributed by atoms with Crippen LogP contribution in [-0.2, 0) is 12.8 Å². The monoisotopic (exact) mass is 413 g/mol. The van der Waals surface area contributed by atoms with E-state index in [1.54, 1.807) is 6.07 Å². The van der Waals surface area contributed by atoms with Gasteiger partial charge < -0.3 is 10.1 Å². The van der Waals surface area contributed by atoms with Gasteiger partial charge in [0.2, 0.25) is 0 Å². The lowest BCUT2D eigenvalue weighted by atomic mass is 10.0. The number of hydrogen-bond acceptors (Lipinski definition) is 2. The van der Waals surface area contributed by atoms with E-state index in [1.165, 1.54) is 12.1 Å². The van der Waals surface area contributed by atoms with Crippen molar-refractivity contribution in [3.63, 3.8) is 0 Å². The number of carbonyl (C=O) groups is 1. The van der Waals surface area contributed by atoms with Gasteiger partial charge in [0.1, 0.15) is 12.4 Å². The molecule has 4 rings (SSSR count). The number of fused-ring (bicyclic) bond motifs is 1. The van der Waals surface area contributed by atoms with Crippen LogP contribution in [0.25, 0.3) is 10.8 Å². The Bertz CT molecular complexity index is 1040. The zero-order valence-corrected chi connectivity index (χ0v) is 16.3. The first-order valence-corrected chi connectivity index (χ1v) is 10.0. The highest BCUT2D eigenvalue weighted by Gasteiger charge is 2.30. The van der Waals surface area contributed by atoms with Crippen molar-refractivity contribution in [3.05, 3.63) is 77.4 Å². The van der Waals surface area contributed by atoms with E-state index in [1.807, 2.05) is 30.3 Å². The molecular formula is C24H22F3NO2. The van der Waals surface area contributed by atoms with Crippen molar-refractivity contribution in [2.45, 2.75) is 44.5 Å². The third-order valence-electron chi connectivity index (χ3n) is 5.48. The van der Waals surface area contributed by atoms with Crippen molar-refractivity contribution in [3.8, 4) is 5.75 Å². The predicted octanol–water partition coefficient (Wildman–Crippen LogP) is 6.11. The number of carbonyl (C=O) groups excluding carboxylic acids is 1. The van der Waals surface area contributed by atoms with Gasteiger partial charge in [-0.3, -0.25) is 4.79 Å². The number of hydrogen-bond donors (Lipinski definition) is 1. The lowest BCUT2D eigenvalue weighted by molar-refractivity contribution is -0.137. The average molecular weight is 413 g/mol. The SMILES string of the molecule is O=C(NC1CCCC1)c1ccc2ccccc2c1OCc1ccc(C(F)(F)F)cc1. The molecule has 0 spiro atoms. The van der Waals surface area contributed by atoms with Crippen LogP contribution in [-0.4, -0.2) is 11.9 Å². The summed E-state index contributed by atoms with van der Waals surface area (Å²) in [4.78, 5) is 12.9. The summed E-state index contributed by atoms with van der Waals surface area (Å²) >= 11 is 0. The first-order valence-electron chi connectivity index (χ1n) is 10.0. The molecule has 156 valence electrons. The molecule has 0 saturated heterocycles. The van der Waals surface area contributed by atoms with E-state index < -0.39 is 11.7 Å². The molecule has 0 unspecified atom stereocenters. The Labute approximate surface area is 172 Å². The quantitative estimate of drug-likeness (QED) is 0.548. The van der Waals surface area contributed by atoms with Gasteiger partial charge in [0.25, 0.3) is 5.91 Å². The number of amides is 1. The number of benzene rings is 3. The minimum absolute atomic E-state index is 0.0653. The van der Waals surface area contributed by atoms with E-state index in [0.717, 1.165) is 48.6 Å². The maximum atomic E-state index is 12.9. The fourth-order valence-electron chi connectivity index (χ4n) is 3.86. The van der Waals surface area contributed by atoms with Gasteiger partial charge in [0.05, 0.1) is 11.1 Å². The van der Waals surface area contributed by atoms with Crippen molar-refractivity contribution in [2.24, 2.45) is 0 Å². The van der Waals surface area contributed by atoms with E-state index in [-0.39, 0.29) is 18.6 Å². The van der Waals surface area contributed by atoms with E-state index in [4.69, 9.17) is 4.74 Å². The number of halogens is 3. The third kappa shape index (κ3) is 4.42. The highest BCUT2D eigenvalue weighted by atomic mass is 19.4. The minimum atomic E-state index is -4.37. The topological polar surface area (TPSA) is 38.3 Å². The van der Waals surface area contributed by atoms with Crippen LogP contribution >= 0.6 is 0 Å². The Morgan fingerprint density at radius 1 is 0.967 bits per heavy atom. The minimum Gasteiger partial charge on any atom is -0.487 e. The Morgan fingerprint density at radius 2 is 1.67 bits per heavy atom. The molecule has 0 atom stereocenters. The number of nitrogens with one attached hydrogen (secondary N) is 1. The molecule has 6 heteroatoms. The lowest BCUT2D eigenvalue weighted by Crippen LogP contribution is -2.32. The summed E-state index contributed by atoms with van der Waals surface area (Å²) in [5, 5.41) is 4.80. The Balaban J connectivity index is 1.60. The molecule has 0 heterocycles. The molecule has 1 aliphatic carbocycles. The molecule has 0 aliphatic heterocycles. The largest absolute Gasteiger partial charge is 0.487 e. The summed E-state index contributed by atoms with van der Waals surface area (Å²) in [6.07, 6.45) is -0.206. The molecule has 3 nitrogen and oxygen atoms in total. The van der Waals surface area contributed by atoms with Crippen molar-refractivity contribution in [1.29, 1.82) is 0 Å². The molecule has 1 aliphatic rings. The first-order chi connectivity index (χ1) is 14.4. The van der Waals surface area contributed by atoms with Crippen molar-refractivity contribution < 1.29 is 22.7 Å². The van der Waals surface area contributed by atoms with Gasteiger partial charge in [-0.1, -0.05) is 55.3 Å². The molecule has 1 amide bonds.